The summed E-state index contributed by atoms with van der Waals surface area (Å²) in [5.74, 6) is 0.586. The Hall–Kier alpha value is -1.39. The molecule has 31 heavy (non-hydrogen) atoms. The van der Waals surface area contributed by atoms with Crippen molar-refractivity contribution in [3.63, 3.8) is 0 Å². The number of aromatic nitrogens is 1. The van der Waals surface area contributed by atoms with Crippen molar-refractivity contribution in [3.8, 4) is 5.75 Å². The van der Waals surface area contributed by atoms with E-state index in [-0.39, 0.29) is 23.3 Å². The Labute approximate surface area is 182 Å². The van der Waals surface area contributed by atoms with Gasteiger partial charge in [0, 0.05) is 19.3 Å². The van der Waals surface area contributed by atoms with E-state index in [0.717, 1.165) is 31.9 Å². The van der Waals surface area contributed by atoms with Crippen LogP contribution in [0.5, 0.6) is 5.75 Å². The minimum Gasteiger partial charge on any atom is -0.489 e. The molecule has 0 spiro atoms. The molecule has 1 unspecified atom stereocenters. The third-order valence-electron chi connectivity index (χ3n) is 6.19. The van der Waals surface area contributed by atoms with Crippen molar-refractivity contribution in [3.05, 3.63) is 17.8 Å². The highest BCUT2D eigenvalue weighted by atomic mass is 32.2. The minimum absolute atomic E-state index is 0.00846. The fraction of sp³-hybridized carbons (Fsp3) is 0.762. The predicted molar refractivity (Wildman–Crippen MR) is 110 cm³/mol. The molecule has 1 saturated carbocycles. The smallest absolute Gasteiger partial charge is 0.403 e. The van der Waals surface area contributed by atoms with E-state index in [1.165, 1.54) is 17.9 Å². The summed E-state index contributed by atoms with van der Waals surface area (Å²) in [5, 5.41) is 0.0325. The topological polar surface area (TPSA) is 68.7 Å². The average molecular weight is 465 g/mol. The monoisotopic (exact) mass is 464 g/mol. The first-order valence-corrected chi connectivity index (χ1v) is 12.6. The van der Waals surface area contributed by atoms with Gasteiger partial charge in [-0.3, -0.25) is 4.90 Å². The van der Waals surface area contributed by atoms with E-state index in [4.69, 9.17) is 9.47 Å². The molecule has 1 aromatic heterocycles. The lowest BCUT2D eigenvalue weighted by molar-refractivity contribution is -0.185. The molecule has 10 heteroatoms. The number of sulfone groups is 1. The summed E-state index contributed by atoms with van der Waals surface area (Å²) in [4.78, 5) is 5.61. The van der Waals surface area contributed by atoms with E-state index in [1.54, 1.807) is 13.0 Å². The van der Waals surface area contributed by atoms with Crippen molar-refractivity contribution in [1.82, 2.24) is 9.88 Å². The molecule has 1 aromatic rings. The molecule has 2 heterocycles. The number of nitrogens with zero attached hydrogens (tertiary/aromatic N) is 2. The first-order chi connectivity index (χ1) is 14.4. The Morgan fingerprint density at radius 3 is 2.10 bits per heavy atom. The average Bonchev–Trinajstić information content (AvgIpc) is 2.69. The predicted octanol–water partition coefficient (Wildman–Crippen LogP) is 3.92. The van der Waals surface area contributed by atoms with Gasteiger partial charge in [-0.2, -0.15) is 13.2 Å². The molecule has 0 radical (unpaired) electrons. The van der Waals surface area contributed by atoms with E-state index < -0.39 is 22.1 Å². The molecule has 3 rings (SSSR count). The van der Waals surface area contributed by atoms with Gasteiger partial charge < -0.3 is 9.47 Å². The van der Waals surface area contributed by atoms with Crippen LogP contribution in [0.25, 0.3) is 0 Å². The van der Waals surface area contributed by atoms with Crippen LogP contribution in [0.1, 0.15) is 51.1 Å². The van der Waals surface area contributed by atoms with Gasteiger partial charge >= 0.3 is 6.18 Å². The van der Waals surface area contributed by atoms with Crippen LogP contribution < -0.4 is 4.74 Å². The summed E-state index contributed by atoms with van der Waals surface area (Å²) in [6, 6.07) is 1.70. The molecular weight excluding hydrogens is 433 g/mol. The van der Waals surface area contributed by atoms with Gasteiger partial charge in [0.1, 0.15) is 11.8 Å². The Kier molecular flexibility index (Phi) is 7.53. The molecule has 176 valence electrons. The number of ether oxygens (including phenoxy) is 2. The normalized spacial score (nSPS) is 25.4. The van der Waals surface area contributed by atoms with Gasteiger partial charge in [0.15, 0.2) is 14.9 Å². The van der Waals surface area contributed by atoms with Crippen LogP contribution in [-0.4, -0.2) is 68.2 Å². The molecule has 0 bridgehead atoms. The van der Waals surface area contributed by atoms with Crippen LogP contribution in [0.2, 0.25) is 0 Å². The van der Waals surface area contributed by atoms with Crippen LogP contribution in [0.4, 0.5) is 13.2 Å². The summed E-state index contributed by atoms with van der Waals surface area (Å²) in [6.07, 6.45) is 1.57. The number of halogens is 3. The maximum absolute atomic E-state index is 12.9. The van der Waals surface area contributed by atoms with Crippen LogP contribution in [0.15, 0.2) is 17.2 Å². The van der Waals surface area contributed by atoms with Gasteiger partial charge in [0.05, 0.1) is 24.0 Å². The molecule has 1 aliphatic heterocycles. The SMILES string of the molecule is Cc1nc(S(C)(=O)=O)ccc1OC1CCC(OC2CCN(C(C)C(F)(F)F)CC2)CC1. The van der Waals surface area contributed by atoms with E-state index in [9.17, 15) is 21.6 Å². The lowest BCUT2D eigenvalue weighted by atomic mass is 9.94. The Morgan fingerprint density at radius 2 is 1.58 bits per heavy atom. The first kappa shape index (κ1) is 24.3. The summed E-state index contributed by atoms with van der Waals surface area (Å²) in [7, 11) is -3.35. The molecule has 1 aliphatic carbocycles. The Balaban J connectivity index is 1.43. The van der Waals surface area contributed by atoms with Crippen LogP contribution >= 0.6 is 0 Å². The van der Waals surface area contributed by atoms with Gasteiger partial charge in [-0.1, -0.05) is 0 Å². The maximum Gasteiger partial charge on any atom is 0.403 e. The largest absolute Gasteiger partial charge is 0.489 e. The van der Waals surface area contributed by atoms with Crippen molar-refractivity contribution in [1.29, 1.82) is 0 Å². The Bertz CT molecular complexity index is 847. The van der Waals surface area contributed by atoms with Crippen LogP contribution in [0, 0.1) is 6.92 Å². The number of aryl methyl sites for hydroxylation is 1. The second-order valence-electron chi connectivity index (χ2n) is 8.61. The number of likely N-dealkylation sites (tertiary alicyclic amines) is 1. The summed E-state index contributed by atoms with van der Waals surface area (Å²) in [6.45, 7) is 3.75. The molecule has 0 amide bonds. The maximum atomic E-state index is 12.9. The quantitative estimate of drug-likeness (QED) is 0.636. The summed E-state index contributed by atoms with van der Waals surface area (Å²) < 4.78 is 74.1. The van der Waals surface area contributed by atoms with E-state index in [0.29, 0.717) is 37.4 Å². The van der Waals surface area contributed by atoms with Gasteiger partial charge in [-0.05, 0) is 64.5 Å². The van der Waals surface area contributed by atoms with Gasteiger partial charge in [0.25, 0.3) is 0 Å². The molecule has 1 saturated heterocycles. The molecule has 0 N–H and O–H groups in total. The van der Waals surface area contributed by atoms with Crippen molar-refractivity contribution in [2.45, 2.75) is 87.9 Å². The Morgan fingerprint density at radius 1 is 1.03 bits per heavy atom. The van der Waals surface area contributed by atoms with E-state index in [1.807, 2.05) is 0 Å². The van der Waals surface area contributed by atoms with E-state index in [2.05, 4.69) is 4.98 Å². The van der Waals surface area contributed by atoms with Crippen LogP contribution in [0.3, 0.4) is 0 Å². The van der Waals surface area contributed by atoms with Crippen molar-refractivity contribution in [2.24, 2.45) is 0 Å². The van der Waals surface area contributed by atoms with Crippen LogP contribution in [-0.2, 0) is 14.6 Å². The molecule has 0 aromatic carbocycles. The summed E-state index contributed by atoms with van der Waals surface area (Å²) in [5.41, 5.74) is 0.543. The van der Waals surface area contributed by atoms with Crippen molar-refractivity contribution >= 4 is 9.84 Å². The number of hydrogen-bond acceptors (Lipinski definition) is 6. The zero-order valence-electron chi connectivity index (χ0n) is 18.2. The van der Waals surface area contributed by atoms with Gasteiger partial charge in [-0.15, -0.1) is 0 Å². The highest BCUT2D eigenvalue weighted by Crippen LogP contribution is 2.31. The first-order valence-electron chi connectivity index (χ1n) is 10.7. The molecular formula is C21H31F3N2O4S. The number of piperidine rings is 1. The standard InChI is InChI=1S/C21H31F3N2O4S/c1-14-19(8-9-20(25-14)31(3,27)28)30-17-6-4-16(5-7-17)29-18-10-12-26(13-11-18)15(2)21(22,23)24/h8-9,15-18H,4-7,10-13H2,1-3H3. The van der Waals surface area contributed by atoms with E-state index >= 15 is 0 Å². The lowest BCUT2D eigenvalue weighted by Crippen LogP contribution is -2.49. The van der Waals surface area contributed by atoms with Gasteiger partial charge in [-0.25, -0.2) is 13.4 Å². The third kappa shape index (κ3) is 6.55. The van der Waals surface area contributed by atoms with Crippen molar-refractivity contribution < 1.29 is 31.1 Å². The zero-order chi connectivity index (χ0) is 22.8. The fourth-order valence-electron chi connectivity index (χ4n) is 4.20. The molecule has 2 fully saturated rings. The highest BCUT2D eigenvalue weighted by Gasteiger charge is 2.41. The lowest BCUT2D eigenvalue weighted by Gasteiger charge is -2.38. The minimum atomic E-state index is -4.19. The third-order valence-corrected chi connectivity index (χ3v) is 7.18. The molecule has 2 aliphatic rings. The fourth-order valence-corrected chi connectivity index (χ4v) is 4.82. The number of hydrogen-bond donors (Lipinski definition) is 0. The summed E-state index contributed by atoms with van der Waals surface area (Å²) >= 11 is 0. The molecule has 1 atom stereocenters. The molecule has 6 nitrogen and oxygen atoms in total. The zero-order valence-corrected chi connectivity index (χ0v) is 19.0. The van der Waals surface area contributed by atoms with Crippen molar-refractivity contribution in [2.75, 3.05) is 19.3 Å². The number of alkyl halides is 3. The number of rotatable bonds is 6. The highest BCUT2D eigenvalue weighted by molar-refractivity contribution is 7.90. The number of pyridine rings is 1. The second-order valence-corrected chi connectivity index (χ2v) is 10.6. The second kappa shape index (κ2) is 9.62. The van der Waals surface area contributed by atoms with Gasteiger partial charge in [0.2, 0.25) is 0 Å².